The van der Waals surface area contributed by atoms with E-state index < -0.39 is 0 Å². The lowest BCUT2D eigenvalue weighted by Crippen LogP contribution is -1.86. The summed E-state index contributed by atoms with van der Waals surface area (Å²) in [5.74, 6) is 0.647. The zero-order valence-electron chi connectivity index (χ0n) is 9.55. The highest BCUT2D eigenvalue weighted by molar-refractivity contribution is 6.35. The van der Waals surface area contributed by atoms with Crippen molar-refractivity contribution in [2.45, 2.75) is 0 Å². The summed E-state index contributed by atoms with van der Waals surface area (Å²) < 4.78 is 0. The molecule has 0 fully saturated rings. The standard InChI is InChI=1S/C13H8Cl3N3/c14-7-1-6(2-8(15)3-7)13-18-11-5-9(16)4-10(17)12(11)19-13/h1-5H,17H2,(H,18,19). The number of aromatic nitrogens is 2. The lowest BCUT2D eigenvalue weighted by atomic mass is 10.2. The molecule has 3 nitrogen and oxygen atoms in total. The van der Waals surface area contributed by atoms with Crippen LogP contribution in [0.2, 0.25) is 15.1 Å². The molecular formula is C13H8Cl3N3. The third kappa shape index (κ3) is 2.37. The van der Waals surface area contributed by atoms with E-state index in [-0.39, 0.29) is 0 Å². The average Bonchev–Trinajstić information content (AvgIpc) is 2.71. The van der Waals surface area contributed by atoms with E-state index in [0.717, 1.165) is 11.1 Å². The van der Waals surface area contributed by atoms with Gasteiger partial charge in [0.25, 0.3) is 0 Å². The number of anilines is 1. The van der Waals surface area contributed by atoms with Crippen molar-refractivity contribution in [3.63, 3.8) is 0 Å². The molecule has 3 N–H and O–H groups in total. The first-order valence-electron chi connectivity index (χ1n) is 5.44. The van der Waals surface area contributed by atoms with Crippen molar-refractivity contribution in [1.29, 1.82) is 0 Å². The fourth-order valence-electron chi connectivity index (χ4n) is 1.93. The molecule has 0 saturated carbocycles. The Morgan fingerprint density at radius 2 is 1.53 bits per heavy atom. The molecular weight excluding hydrogens is 305 g/mol. The zero-order chi connectivity index (χ0) is 13.6. The molecule has 6 heteroatoms. The van der Waals surface area contributed by atoms with Crippen LogP contribution in [0.3, 0.4) is 0 Å². The second kappa shape index (κ2) is 4.60. The number of rotatable bonds is 1. The molecule has 0 amide bonds. The molecule has 1 aromatic heterocycles. The normalized spacial score (nSPS) is 11.1. The molecule has 3 aromatic rings. The molecule has 0 unspecified atom stereocenters. The third-order valence-corrected chi connectivity index (χ3v) is 3.37. The Morgan fingerprint density at radius 1 is 0.895 bits per heavy atom. The maximum atomic E-state index is 5.98. The van der Waals surface area contributed by atoms with Gasteiger partial charge in [0.1, 0.15) is 11.3 Å². The maximum Gasteiger partial charge on any atom is 0.138 e. The topological polar surface area (TPSA) is 54.7 Å². The highest BCUT2D eigenvalue weighted by Gasteiger charge is 2.10. The summed E-state index contributed by atoms with van der Waals surface area (Å²) in [6, 6.07) is 8.67. The Hall–Kier alpha value is -1.42. The Kier molecular flexibility index (Phi) is 3.05. The molecule has 0 aliphatic carbocycles. The largest absolute Gasteiger partial charge is 0.397 e. The van der Waals surface area contributed by atoms with Crippen LogP contribution in [-0.2, 0) is 0 Å². The van der Waals surface area contributed by atoms with E-state index in [4.69, 9.17) is 40.5 Å². The number of hydrogen-bond donors (Lipinski definition) is 2. The minimum atomic E-state index is 0.526. The van der Waals surface area contributed by atoms with E-state index in [1.807, 2.05) is 0 Å². The fraction of sp³-hybridized carbons (Fsp3) is 0. The molecule has 0 spiro atoms. The van der Waals surface area contributed by atoms with Crippen molar-refractivity contribution in [2.24, 2.45) is 0 Å². The van der Waals surface area contributed by atoms with Crippen LogP contribution in [0.25, 0.3) is 22.4 Å². The van der Waals surface area contributed by atoms with E-state index >= 15 is 0 Å². The first kappa shape index (κ1) is 12.6. The number of H-pyrrole nitrogens is 1. The average molecular weight is 313 g/mol. The van der Waals surface area contributed by atoms with Gasteiger partial charge in [0.15, 0.2) is 0 Å². The van der Waals surface area contributed by atoms with Crippen LogP contribution in [0.4, 0.5) is 5.69 Å². The molecule has 0 aliphatic rings. The van der Waals surface area contributed by atoms with Gasteiger partial charge in [-0.3, -0.25) is 0 Å². The molecule has 0 atom stereocenters. The van der Waals surface area contributed by atoms with Crippen LogP contribution in [0.5, 0.6) is 0 Å². The summed E-state index contributed by atoms with van der Waals surface area (Å²) in [7, 11) is 0. The van der Waals surface area contributed by atoms with E-state index in [9.17, 15) is 0 Å². The Bertz CT molecular complexity index is 760. The van der Waals surface area contributed by atoms with Crippen LogP contribution in [0.15, 0.2) is 30.3 Å². The highest BCUT2D eigenvalue weighted by Crippen LogP contribution is 2.30. The lowest BCUT2D eigenvalue weighted by Gasteiger charge is -1.98. The summed E-state index contributed by atoms with van der Waals surface area (Å²) >= 11 is 17.9. The van der Waals surface area contributed by atoms with Crippen LogP contribution < -0.4 is 5.73 Å². The highest BCUT2D eigenvalue weighted by atomic mass is 35.5. The molecule has 0 saturated heterocycles. The van der Waals surface area contributed by atoms with Gasteiger partial charge in [-0.2, -0.15) is 0 Å². The van der Waals surface area contributed by atoms with E-state index in [2.05, 4.69) is 9.97 Å². The van der Waals surface area contributed by atoms with Crippen LogP contribution >= 0.6 is 34.8 Å². The first-order chi connectivity index (χ1) is 9.02. The molecule has 0 bridgehead atoms. The van der Waals surface area contributed by atoms with Gasteiger partial charge in [0.2, 0.25) is 0 Å². The van der Waals surface area contributed by atoms with Crippen molar-refractivity contribution >= 4 is 51.5 Å². The Labute approximate surface area is 124 Å². The molecule has 0 radical (unpaired) electrons. The number of halogens is 3. The van der Waals surface area contributed by atoms with Gasteiger partial charge in [-0.05, 0) is 30.3 Å². The summed E-state index contributed by atoms with van der Waals surface area (Å²) in [5.41, 5.74) is 8.66. The quantitative estimate of drug-likeness (QED) is 0.636. The number of aromatic amines is 1. The van der Waals surface area contributed by atoms with Gasteiger partial charge in [-0.1, -0.05) is 34.8 Å². The third-order valence-electron chi connectivity index (χ3n) is 2.72. The number of nitrogen functional groups attached to an aromatic ring is 1. The van der Waals surface area contributed by atoms with E-state index in [0.29, 0.717) is 32.1 Å². The van der Waals surface area contributed by atoms with Gasteiger partial charge in [0.05, 0.1) is 11.2 Å². The Morgan fingerprint density at radius 3 is 2.21 bits per heavy atom. The fourth-order valence-corrected chi connectivity index (χ4v) is 2.69. The van der Waals surface area contributed by atoms with Crippen molar-refractivity contribution in [2.75, 3.05) is 5.73 Å². The number of benzene rings is 2. The van der Waals surface area contributed by atoms with Gasteiger partial charge >= 0.3 is 0 Å². The predicted octanol–water partition coefficient (Wildman–Crippen LogP) is 4.77. The van der Waals surface area contributed by atoms with Crippen LogP contribution in [-0.4, -0.2) is 9.97 Å². The molecule has 1 heterocycles. The van der Waals surface area contributed by atoms with Crippen molar-refractivity contribution < 1.29 is 0 Å². The minimum absolute atomic E-state index is 0.526. The van der Waals surface area contributed by atoms with E-state index in [1.165, 1.54) is 0 Å². The Balaban J connectivity index is 2.23. The summed E-state index contributed by atoms with van der Waals surface area (Å²) in [4.78, 5) is 7.60. The number of nitrogens with zero attached hydrogens (tertiary/aromatic N) is 1. The van der Waals surface area contributed by atoms with Crippen LogP contribution in [0.1, 0.15) is 0 Å². The predicted molar refractivity (Wildman–Crippen MR) is 81.0 cm³/mol. The first-order valence-corrected chi connectivity index (χ1v) is 6.57. The molecule has 3 rings (SSSR count). The summed E-state index contributed by atoms with van der Waals surface area (Å²) in [6.07, 6.45) is 0. The smallest absolute Gasteiger partial charge is 0.138 e. The molecule has 96 valence electrons. The number of nitrogens with one attached hydrogen (secondary N) is 1. The van der Waals surface area contributed by atoms with Crippen molar-refractivity contribution in [1.82, 2.24) is 9.97 Å². The van der Waals surface area contributed by atoms with Crippen LogP contribution in [0, 0.1) is 0 Å². The van der Waals surface area contributed by atoms with Gasteiger partial charge in [-0.15, -0.1) is 0 Å². The zero-order valence-corrected chi connectivity index (χ0v) is 11.8. The number of nitrogens with two attached hydrogens (primary N) is 1. The summed E-state index contributed by atoms with van der Waals surface area (Å²) in [6.45, 7) is 0. The molecule has 2 aromatic carbocycles. The number of imidazole rings is 1. The maximum absolute atomic E-state index is 5.98. The van der Waals surface area contributed by atoms with Gasteiger partial charge in [-0.25, -0.2) is 4.98 Å². The SMILES string of the molecule is Nc1cc(Cl)cc2[nH]c(-c3cc(Cl)cc(Cl)c3)nc12. The van der Waals surface area contributed by atoms with E-state index in [1.54, 1.807) is 30.3 Å². The van der Waals surface area contributed by atoms with Crippen molar-refractivity contribution in [3.8, 4) is 11.4 Å². The second-order valence-electron chi connectivity index (χ2n) is 4.13. The van der Waals surface area contributed by atoms with Gasteiger partial charge < -0.3 is 10.7 Å². The van der Waals surface area contributed by atoms with Crippen molar-refractivity contribution in [3.05, 3.63) is 45.4 Å². The minimum Gasteiger partial charge on any atom is -0.397 e. The second-order valence-corrected chi connectivity index (χ2v) is 5.44. The number of hydrogen-bond acceptors (Lipinski definition) is 2. The number of fused-ring (bicyclic) bond motifs is 1. The van der Waals surface area contributed by atoms with Gasteiger partial charge in [0, 0.05) is 20.6 Å². The molecule has 19 heavy (non-hydrogen) atoms. The monoisotopic (exact) mass is 311 g/mol. The summed E-state index contributed by atoms with van der Waals surface area (Å²) in [5, 5.41) is 1.66. The lowest BCUT2D eigenvalue weighted by molar-refractivity contribution is 1.34. The molecule has 0 aliphatic heterocycles.